The van der Waals surface area contributed by atoms with Gasteiger partial charge < -0.3 is 4.74 Å². The van der Waals surface area contributed by atoms with Crippen molar-refractivity contribution in [3.05, 3.63) is 59.7 Å². The van der Waals surface area contributed by atoms with Crippen LogP contribution in [-0.2, 0) is 9.59 Å². The molecule has 0 N–H and O–H groups in total. The minimum absolute atomic E-state index is 0.0471. The number of carbonyl (C=O) groups is 3. The largest absolute Gasteiger partial charge is 0.497 e. The molecular weight excluding hydrogens is 380 g/mol. The Bertz CT molecular complexity index is 1010. The van der Waals surface area contributed by atoms with E-state index in [0.717, 1.165) is 24.9 Å². The van der Waals surface area contributed by atoms with E-state index >= 15 is 0 Å². The number of hydrogen-bond donors (Lipinski definition) is 0. The van der Waals surface area contributed by atoms with Gasteiger partial charge >= 0.3 is 0 Å². The van der Waals surface area contributed by atoms with Crippen molar-refractivity contribution >= 4 is 23.3 Å². The van der Waals surface area contributed by atoms with Crippen LogP contribution in [0.3, 0.4) is 0 Å². The van der Waals surface area contributed by atoms with Crippen LogP contribution in [0.1, 0.15) is 28.8 Å². The number of methoxy groups -OCH3 is 1. The summed E-state index contributed by atoms with van der Waals surface area (Å²) in [6.07, 6.45) is 1.78. The number of ketones is 1. The number of nitrogens with zero attached hydrogens (tertiary/aromatic N) is 2. The molecular formula is C24H24N2O4. The Hall–Kier alpha value is -2.99. The zero-order chi connectivity index (χ0) is 21.0. The third kappa shape index (κ3) is 2.70. The van der Waals surface area contributed by atoms with Crippen LogP contribution in [0.5, 0.6) is 5.75 Å². The second-order valence-corrected chi connectivity index (χ2v) is 8.38. The van der Waals surface area contributed by atoms with E-state index in [-0.39, 0.29) is 23.6 Å². The highest BCUT2D eigenvalue weighted by atomic mass is 16.5. The van der Waals surface area contributed by atoms with E-state index in [1.54, 1.807) is 43.5 Å². The molecule has 0 radical (unpaired) electrons. The van der Waals surface area contributed by atoms with Gasteiger partial charge in [-0.1, -0.05) is 17.7 Å². The van der Waals surface area contributed by atoms with E-state index in [1.165, 1.54) is 4.90 Å². The van der Waals surface area contributed by atoms with Gasteiger partial charge in [0.25, 0.3) is 0 Å². The molecule has 0 spiro atoms. The lowest BCUT2D eigenvalue weighted by atomic mass is 9.85. The van der Waals surface area contributed by atoms with E-state index in [1.807, 2.05) is 19.1 Å². The van der Waals surface area contributed by atoms with Crippen molar-refractivity contribution < 1.29 is 19.1 Å². The Morgan fingerprint density at radius 3 is 2.30 bits per heavy atom. The molecule has 3 aliphatic rings. The first-order valence-electron chi connectivity index (χ1n) is 10.4. The predicted octanol–water partition coefficient (Wildman–Crippen LogP) is 2.84. The van der Waals surface area contributed by atoms with Gasteiger partial charge in [0, 0.05) is 11.6 Å². The van der Waals surface area contributed by atoms with Crippen molar-refractivity contribution in [2.45, 2.75) is 31.8 Å². The summed E-state index contributed by atoms with van der Waals surface area (Å²) in [5.74, 6) is -0.922. The maximum absolute atomic E-state index is 13.5. The van der Waals surface area contributed by atoms with Crippen LogP contribution in [-0.4, -0.2) is 48.2 Å². The van der Waals surface area contributed by atoms with Crippen LogP contribution >= 0.6 is 0 Å². The topological polar surface area (TPSA) is 66.9 Å². The van der Waals surface area contributed by atoms with E-state index < -0.39 is 17.9 Å². The number of fused-ring (bicyclic) bond motifs is 3. The average molecular weight is 404 g/mol. The van der Waals surface area contributed by atoms with Gasteiger partial charge in [0.1, 0.15) is 5.75 Å². The number of aryl methyl sites for hydroxylation is 1. The van der Waals surface area contributed by atoms with Crippen molar-refractivity contribution in [1.82, 2.24) is 4.90 Å². The first kappa shape index (κ1) is 19.0. The van der Waals surface area contributed by atoms with Crippen LogP contribution < -0.4 is 9.64 Å². The third-order valence-electron chi connectivity index (χ3n) is 6.79. The van der Waals surface area contributed by atoms with E-state index in [9.17, 15) is 14.4 Å². The van der Waals surface area contributed by atoms with Gasteiger partial charge in [0.2, 0.25) is 11.8 Å². The third-order valence-corrected chi connectivity index (χ3v) is 6.79. The molecule has 0 aromatic heterocycles. The summed E-state index contributed by atoms with van der Waals surface area (Å²) in [6, 6.07) is 13.7. The molecule has 4 atom stereocenters. The number of Topliss-reactive ketones (excluding diaryl/α,β-unsaturated/α-hetero) is 1. The van der Waals surface area contributed by atoms with Crippen molar-refractivity contribution in [3.63, 3.8) is 0 Å². The number of hydrogen-bond acceptors (Lipinski definition) is 5. The van der Waals surface area contributed by atoms with Gasteiger partial charge in [0.15, 0.2) is 5.78 Å². The van der Waals surface area contributed by atoms with Gasteiger partial charge in [-0.15, -0.1) is 0 Å². The normalized spacial score (nSPS) is 28.0. The molecule has 6 heteroatoms. The van der Waals surface area contributed by atoms with E-state index in [2.05, 4.69) is 4.90 Å². The molecule has 3 aliphatic heterocycles. The van der Waals surface area contributed by atoms with Crippen molar-refractivity contribution in [3.8, 4) is 5.75 Å². The second kappa shape index (κ2) is 7.06. The first-order chi connectivity index (χ1) is 14.5. The molecule has 2 aromatic rings. The smallest absolute Gasteiger partial charge is 0.239 e. The molecule has 2 amide bonds. The summed E-state index contributed by atoms with van der Waals surface area (Å²) in [6.45, 7) is 2.71. The van der Waals surface area contributed by atoms with Crippen LogP contribution in [0.25, 0.3) is 0 Å². The number of imide groups is 1. The minimum atomic E-state index is -0.626. The Balaban J connectivity index is 1.52. The van der Waals surface area contributed by atoms with Gasteiger partial charge in [-0.05, 0) is 62.7 Å². The molecule has 5 rings (SSSR count). The quantitative estimate of drug-likeness (QED) is 0.579. The lowest BCUT2D eigenvalue weighted by Crippen LogP contribution is -2.46. The number of amides is 2. The fourth-order valence-electron chi connectivity index (χ4n) is 5.39. The highest BCUT2D eigenvalue weighted by molar-refractivity contribution is 6.24. The molecule has 6 nitrogen and oxygen atoms in total. The summed E-state index contributed by atoms with van der Waals surface area (Å²) >= 11 is 0. The number of anilines is 1. The summed E-state index contributed by atoms with van der Waals surface area (Å²) in [7, 11) is 1.58. The fourth-order valence-corrected chi connectivity index (χ4v) is 5.39. The minimum Gasteiger partial charge on any atom is -0.497 e. The van der Waals surface area contributed by atoms with Gasteiger partial charge in [-0.2, -0.15) is 0 Å². The van der Waals surface area contributed by atoms with E-state index in [4.69, 9.17) is 4.74 Å². The van der Waals surface area contributed by atoms with Gasteiger partial charge in [0.05, 0.1) is 30.7 Å². The van der Waals surface area contributed by atoms with Gasteiger partial charge in [-0.25, -0.2) is 4.90 Å². The standard InChI is InChI=1S/C24H24N2O4/c1-14-5-9-16(10-6-14)26-23(28)19-18-4-3-13-25(18)21(20(19)24(26)29)22(27)15-7-11-17(30-2)12-8-15/h5-12,18-21H,3-4,13H2,1-2H3/t18-,19-,20-,21+/m0/s1. The summed E-state index contributed by atoms with van der Waals surface area (Å²) in [4.78, 5) is 43.7. The lowest BCUT2D eigenvalue weighted by molar-refractivity contribution is -0.123. The van der Waals surface area contributed by atoms with Crippen molar-refractivity contribution in [1.29, 1.82) is 0 Å². The van der Waals surface area contributed by atoms with Crippen molar-refractivity contribution in [2.75, 3.05) is 18.6 Å². The molecule has 2 aromatic carbocycles. The first-order valence-corrected chi connectivity index (χ1v) is 10.4. The Kier molecular flexibility index (Phi) is 4.47. The fraction of sp³-hybridized carbons (Fsp3) is 0.375. The molecule has 3 saturated heterocycles. The van der Waals surface area contributed by atoms with E-state index in [0.29, 0.717) is 17.0 Å². The molecule has 30 heavy (non-hydrogen) atoms. The summed E-state index contributed by atoms with van der Waals surface area (Å²) in [5, 5.41) is 0. The Morgan fingerprint density at radius 2 is 1.63 bits per heavy atom. The predicted molar refractivity (Wildman–Crippen MR) is 111 cm³/mol. The monoisotopic (exact) mass is 404 g/mol. The number of carbonyl (C=O) groups excluding carboxylic acids is 3. The molecule has 0 saturated carbocycles. The molecule has 0 unspecified atom stereocenters. The van der Waals surface area contributed by atoms with Crippen LogP contribution in [0, 0.1) is 18.8 Å². The lowest BCUT2D eigenvalue weighted by Gasteiger charge is -2.27. The number of benzene rings is 2. The Morgan fingerprint density at radius 1 is 0.967 bits per heavy atom. The van der Waals surface area contributed by atoms with Gasteiger partial charge in [-0.3, -0.25) is 19.3 Å². The zero-order valence-corrected chi connectivity index (χ0v) is 17.1. The maximum atomic E-state index is 13.5. The second-order valence-electron chi connectivity index (χ2n) is 8.38. The highest BCUT2D eigenvalue weighted by Gasteiger charge is 2.64. The van der Waals surface area contributed by atoms with Crippen LogP contribution in [0.15, 0.2) is 48.5 Å². The van der Waals surface area contributed by atoms with Crippen molar-refractivity contribution in [2.24, 2.45) is 11.8 Å². The van der Waals surface area contributed by atoms with Crippen LogP contribution in [0.2, 0.25) is 0 Å². The van der Waals surface area contributed by atoms with Crippen LogP contribution in [0.4, 0.5) is 5.69 Å². The zero-order valence-electron chi connectivity index (χ0n) is 17.1. The molecule has 3 heterocycles. The molecule has 0 bridgehead atoms. The summed E-state index contributed by atoms with van der Waals surface area (Å²) in [5.41, 5.74) is 2.19. The maximum Gasteiger partial charge on any atom is 0.239 e. The molecule has 154 valence electrons. The highest BCUT2D eigenvalue weighted by Crippen LogP contribution is 2.48. The Labute approximate surface area is 175 Å². The molecule has 3 fully saturated rings. The average Bonchev–Trinajstić information content (AvgIpc) is 3.41. The number of ether oxygens (including phenoxy) is 1. The SMILES string of the molecule is COc1ccc(C(=O)[C@H]2[C@H]3C(=O)N(c4ccc(C)cc4)C(=O)[C@H]3[C@@H]3CCCN32)cc1. The molecule has 0 aliphatic carbocycles. The number of rotatable bonds is 4. The summed E-state index contributed by atoms with van der Waals surface area (Å²) < 4.78 is 5.19.